The van der Waals surface area contributed by atoms with E-state index in [0.717, 1.165) is 24.8 Å². The van der Waals surface area contributed by atoms with Crippen LogP contribution >= 0.6 is 0 Å². The molecule has 1 aliphatic rings. The van der Waals surface area contributed by atoms with E-state index in [1.807, 2.05) is 30.3 Å². The van der Waals surface area contributed by atoms with Crippen molar-refractivity contribution in [3.63, 3.8) is 0 Å². The van der Waals surface area contributed by atoms with Crippen molar-refractivity contribution < 1.29 is 14.7 Å². The number of aliphatic hydroxyl groups is 1. The smallest absolute Gasteiger partial charge is 0.227 e. The predicted octanol–water partition coefficient (Wildman–Crippen LogP) is 1.99. The zero-order valence-corrected chi connectivity index (χ0v) is 15.3. The number of rotatable bonds is 7. The highest BCUT2D eigenvalue weighted by Crippen LogP contribution is 2.18. The van der Waals surface area contributed by atoms with Crippen LogP contribution in [0.1, 0.15) is 38.7 Å². The van der Waals surface area contributed by atoms with Crippen LogP contribution in [0.3, 0.4) is 0 Å². The molecule has 5 heteroatoms. The van der Waals surface area contributed by atoms with Gasteiger partial charge in [-0.05, 0) is 30.7 Å². The minimum Gasteiger partial charge on any atom is -0.394 e. The number of carbonyl (C=O) groups is 2. The SMILES string of the molecule is CC(C)CC(CO)NC(=O)C1CCCN(C(=O)Cc2ccccc2)C1. The molecule has 0 spiro atoms. The third-order valence-electron chi connectivity index (χ3n) is 4.67. The second kappa shape index (κ2) is 9.56. The molecule has 2 rings (SSSR count). The summed E-state index contributed by atoms with van der Waals surface area (Å²) < 4.78 is 0. The molecule has 1 aliphatic heterocycles. The molecule has 25 heavy (non-hydrogen) atoms. The molecule has 0 saturated carbocycles. The van der Waals surface area contributed by atoms with Crippen molar-refractivity contribution in [3.05, 3.63) is 35.9 Å². The van der Waals surface area contributed by atoms with Crippen LogP contribution in [-0.4, -0.2) is 47.6 Å². The summed E-state index contributed by atoms with van der Waals surface area (Å²) in [6, 6.07) is 9.48. The fourth-order valence-electron chi connectivity index (χ4n) is 3.37. The largest absolute Gasteiger partial charge is 0.394 e. The number of nitrogens with zero attached hydrogens (tertiary/aromatic N) is 1. The standard InChI is InChI=1S/C20H30N2O3/c1-15(2)11-18(14-23)21-20(25)17-9-6-10-22(13-17)19(24)12-16-7-4-3-5-8-16/h3-5,7-8,15,17-18,23H,6,9-14H2,1-2H3,(H,21,25). The zero-order valence-electron chi connectivity index (χ0n) is 15.3. The molecule has 1 heterocycles. The van der Waals surface area contributed by atoms with Gasteiger partial charge in [-0.25, -0.2) is 0 Å². The number of aliphatic hydroxyl groups excluding tert-OH is 1. The lowest BCUT2D eigenvalue weighted by Gasteiger charge is -2.33. The van der Waals surface area contributed by atoms with E-state index in [4.69, 9.17) is 0 Å². The van der Waals surface area contributed by atoms with Gasteiger partial charge < -0.3 is 15.3 Å². The molecule has 2 amide bonds. The van der Waals surface area contributed by atoms with Crippen LogP contribution in [0.15, 0.2) is 30.3 Å². The lowest BCUT2D eigenvalue weighted by atomic mass is 9.95. The summed E-state index contributed by atoms with van der Waals surface area (Å²) in [7, 11) is 0. The zero-order chi connectivity index (χ0) is 18.2. The van der Waals surface area contributed by atoms with E-state index in [-0.39, 0.29) is 30.4 Å². The second-order valence-corrected chi connectivity index (χ2v) is 7.36. The Morgan fingerprint density at radius 3 is 2.64 bits per heavy atom. The van der Waals surface area contributed by atoms with Crippen molar-refractivity contribution in [1.82, 2.24) is 10.2 Å². The molecule has 2 unspecified atom stereocenters. The van der Waals surface area contributed by atoms with Gasteiger partial charge in [-0.1, -0.05) is 44.2 Å². The Hall–Kier alpha value is -1.88. The monoisotopic (exact) mass is 346 g/mol. The highest BCUT2D eigenvalue weighted by Gasteiger charge is 2.29. The summed E-state index contributed by atoms with van der Waals surface area (Å²) in [5.41, 5.74) is 0.997. The van der Waals surface area contributed by atoms with Gasteiger partial charge in [-0.3, -0.25) is 9.59 Å². The van der Waals surface area contributed by atoms with E-state index in [9.17, 15) is 14.7 Å². The van der Waals surface area contributed by atoms with Crippen LogP contribution in [0.25, 0.3) is 0 Å². The van der Waals surface area contributed by atoms with Gasteiger partial charge in [0.2, 0.25) is 11.8 Å². The Balaban J connectivity index is 1.88. The van der Waals surface area contributed by atoms with Gasteiger partial charge in [0.05, 0.1) is 25.0 Å². The van der Waals surface area contributed by atoms with Crippen molar-refractivity contribution in [2.45, 2.75) is 45.6 Å². The van der Waals surface area contributed by atoms with Gasteiger partial charge >= 0.3 is 0 Å². The van der Waals surface area contributed by atoms with E-state index in [2.05, 4.69) is 19.2 Å². The molecule has 1 aromatic carbocycles. The lowest BCUT2D eigenvalue weighted by Crippen LogP contribution is -2.48. The Kier molecular flexibility index (Phi) is 7.44. The van der Waals surface area contributed by atoms with Crippen LogP contribution in [0.4, 0.5) is 0 Å². The number of nitrogens with one attached hydrogen (secondary N) is 1. The summed E-state index contributed by atoms with van der Waals surface area (Å²) in [6.45, 7) is 5.27. The van der Waals surface area contributed by atoms with Crippen LogP contribution in [-0.2, 0) is 16.0 Å². The maximum Gasteiger partial charge on any atom is 0.227 e. The molecule has 5 nitrogen and oxygen atoms in total. The molecular weight excluding hydrogens is 316 g/mol. The van der Waals surface area contributed by atoms with Gasteiger partial charge in [-0.2, -0.15) is 0 Å². The number of piperidine rings is 1. The normalized spacial score (nSPS) is 18.9. The molecule has 1 saturated heterocycles. The molecule has 0 bridgehead atoms. The number of amides is 2. The van der Waals surface area contributed by atoms with E-state index >= 15 is 0 Å². The van der Waals surface area contributed by atoms with Gasteiger partial charge in [0, 0.05) is 13.1 Å². The van der Waals surface area contributed by atoms with Crippen LogP contribution < -0.4 is 5.32 Å². The number of benzene rings is 1. The van der Waals surface area contributed by atoms with Crippen molar-refractivity contribution in [3.8, 4) is 0 Å². The van der Waals surface area contributed by atoms with E-state index in [1.54, 1.807) is 4.90 Å². The van der Waals surface area contributed by atoms with E-state index in [0.29, 0.717) is 25.4 Å². The van der Waals surface area contributed by atoms with Gasteiger partial charge in [-0.15, -0.1) is 0 Å². The first-order chi connectivity index (χ1) is 12.0. The molecule has 1 aromatic rings. The van der Waals surface area contributed by atoms with Crippen molar-refractivity contribution in [2.75, 3.05) is 19.7 Å². The molecular formula is C20H30N2O3. The maximum absolute atomic E-state index is 12.5. The van der Waals surface area contributed by atoms with Crippen LogP contribution in [0.5, 0.6) is 0 Å². The third-order valence-corrected chi connectivity index (χ3v) is 4.67. The summed E-state index contributed by atoms with van der Waals surface area (Å²) >= 11 is 0. The first-order valence-corrected chi connectivity index (χ1v) is 9.22. The lowest BCUT2D eigenvalue weighted by molar-refractivity contribution is -0.135. The topological polar surface area (TPSA) is 69.6 Å². The Labute approximate surface area is 150 Å². The van der Waals surface area contributed by atoms with Crippen molar-refractivity contribution in [2.24, 2.45) is 11.8 Å². The number of hydrogen-bond acceptors (Lipinski definition) is 3. The average Bonchev–Trinajstić information content (AvgIpc) is 2.61. The number of carbonyl (C=O) groups excluding carboxylic acids is 2. The van der Waals surface area contributed by atoms with Gasteiger partial charge in [0.1, 0.15) is 0 Å². The predicted molar refractivity (Wildman–Crippen MR) is 97.9 cm³/mol. The Bertz CT molecular complexity index is 559. The first-order valence-electron chi connectivity index (χ1n) is 9.22. The minimum atomic E-state index is -0.206. The van der Waals surface area contributed by atoms with Gasteiger partial charge in [0.15, 0.2) is 0 Å². The fourth-order valence-corrected chi connectivity index (χ4v) is 3.37. The number of likely N-dealkylation sites (tertiary alicyclic amines) is 1. The quantitative estimate of drug-likeness (QED) is 0.793. The summed E-state index contributed by atoms with van der Waals surface area (Å²) in [4.78, 5) is 26.8. The van der Waals surface area contributed by atoms with Crippen molar-refractivity contribution >= 4 is 11.8 Å². The maximum atomic E-state index is 12.5. The minimum absolute atomic E-state index is 0.0445. The number of hydrogen-bond donors (Lipinski definition) is 2. The molecule has 138 valence electrons. The van der Waals surface area contributed by atoms with E-state index in [1.165, 1.54) is 0 Å². The van der Waals surface area contributed by atoms with E-state index < -0.39 is 0 Å². The molecule has 0 radical (unpaired) electrons. The second-order valence-electron chi connectivity index (χ2n) is 7.36. The van der Waals surface area contributed by atoms with Crippen molar-refractivity contribution in [1.29, 1.82) is 0 Å². The van der Waals surface area contributed by atoms with Gasteiger partial charge in [0.25, 0.3) is 0 Å². The summed E-state index contributed by atoms with van der Waals surface area (Å²) in [5.74, 6) is 0.254. The van der Waals surface area contributed by atoms with Crippen LogP contribution in [0, 0.1) is 11.8 Å². The Morgan fingerprint density at radius 1 is 1.28 bits per heavy atom. The Morgan fingerprint density at radius 2 is 2.00 bits per heavy atom. The third kappa shape index (κ3) is 6.16. The fraction of sp³-hybridized carbons (Fsp3) is 0.600. The average molecular weight is 346 g/mol. The summed E-state index contributed by atoms with van der Waals surface area (Å²) in [5, 5.41) is 12.4. The molecule has 0 aromatic heterocycles. The molecule has 2 N–H and O–H groups in total. The van der Waals surface area contributed by atoms with Crippen LogP contribution in [0.2, 0.25) is 0 Å². The first kappa shape index (κ1) is 19.4. The summed E-state index contributed by atoms with van der Waals surface area (Å²) in [6.07, 6.45) is 2.76. The highest BCUT2D eigenvalue weighted by molar-refractivity contribution is 5.82. The molecule has 2 atom stereocenters. The highest BCUT2D eigenvalue weighted by atomic mass is 16.3. The molecule has 0 aliphatic carbocycles. The molecule has 1 fully saturated rings.